The second kappa shape index (κ2) is 5.65. The number of nitrogens with zero attached hydrogens (tertiary/aromatic N) is 2. The molecule has 0 atom stereocenters. The fourth-order valence-corrected chi connectivity index (χ4v) is 2.15. The van der Waals surface area contributed by atoms with E-state index in [1.807, 2.05) is 5.01 Å². The summed E-state index contributed by atoms with van der Waals surface area (Å²) < 4.78 is 0. The first-order valence-electron chi connectivity index (χ1n) is 5.50. The van der Waals surface area contributed by atoms with Crippen LogP contribution in [-0.2, 0) is 0 Å². The number of hydrazone groups is 1. The molecule has 0 radical (unpaired) electrons. The zero-order chi connectivity index (χ0) is 12.1. The first-order chi connectivity index (χ1) is 8.33. The quantitative estimate of drug-likeness (QED) is 0.653. The molecule has 1 aliphatic rings. The molecule has 0 bridgehead atoms. The third-order valence-electron chi connectivity index (χ3n) is 2.55. The summed E-state index contributed by atoms with van der Waals surface area (Å²) in [7, 11) is 0. The smallest absolute Gasteiger partial charge is 0.125 e. The molecule has 3 nitrogen and oxygen atoms in total. The molecular formula is C13H15N3S. The number of hydrogen-bond acceptors (Lipinski definition) is 4. The first kappa shape index (κ1) is 11.9. The van der Waals surface area contributed by atoms with Crippen molar-refractivity contribution < 1.29 is 0 Å². The zero-order valence-electron chi connectivity index (χ0n) is 9.81. The van der Waals surface area contributed by atoms with Crippen LogP contribution in [0.1, 0.15) is 6.42 Å². The van der Waals surface area contributed by atoms with Gasteiger partial charge in [-0.05, 0) is 24.5 Å². The van der Waals surface area contributed by atoms with Gasteiger partial charge in [0.15, 0.2) is 0 Å². The average Bonchev–Trinajstić information content (AvgIpc) is 2.85. The highest BCUT2D eigenvalue weighted by Gasteiger charge is 2.15. The Balaban J connectivity index is 2.08. The van der Waals surface area contributed by atoms with Crippen LogP contribution in [0.25, 0.3) is 0 Å². The summed E-state index contributed by atoms with van der Waals surface area (Å²) in [6, 6.07) is 8.39. The summed E-state index contributed by atoms with van der Waals surface area (Å²) in [5, 5.41) is 9.64. The lowest BCUT2D eigenvalue weighted by Crippen LogP contribution is -2.21. The molecule has 0 aromatic heterocycles. The molecule has 88 valence electrons. The summed E-state index contributed by atoms with van der Waals surface area (Å²) in [6.45, 7) is 1.45. The van der Waals surface area contributed by atoms with E-state index >= 15 is 0 Å². The number of rotatable bonds is 3. The van der Waals surface area contributed by atoms with Crippen molar-refractivity contribution >= 4 is 23.3 Å². The second-order valence-corrected chi connectivity index (χ2v) is 4.56. The van der Waals surface area contributed by atoms with E-state index < -0.39 is 0 Å². The zero-order valence-corrected chi connectivity index (χ0v) is 10.6. The SMILES string of the molecule is C#CCNC1=NN(c2cccc(SC)c2)CC1. The van der Waals surface area contributed by atoms with Crippen LogP contribution in [0, 0.1) is 12.3 Å². The van der Waals surface area contributed by atoms with Gasteiger partial charge >= 0.3 is 0 Å². The minimum absolute atomic E-state index is 0.539. The van der Waals surface area contributed by atoms with Gasteiger partial charge < -0.3 is 5.32 Å². The van der Waals surface area contributed by atoms with Gasteiger partial charge in [-0.25, -0.2) is 0 Å². The molecule has 1 aromatic carbocycles. The van der Waals surface area contributed by atoms with Crippen molar-refractivity contribution in [1.29, 1.82) is 0 Å². The van der Waals surface area contributed by atoms with Crippen molar-refractivity contribution in [3.8, 4) is 12.3 Å². The highest BCUT2D eigenvalue weighted by Crippen LogP contribution is 2.24. The van der Waals surface area contributed by atoms with Crippen LogP contribution in [0.3, 0.4) is 0 Å². The second-order valence-electron chi connectivity index (χ2n) is 3.68. The van der Waals surface area contributed by atoms with E-state index in [2.05, 4.69) is 46.9 Å². The fourth-order valence-electron chi connectivity index (χ4n) is 1.69. The predicted octanol–water partition coefficient (Wildman–Crippen LogP) is 2.15. The Bertz CT molecular complexity index is 462. The van der Waals surface area contributed by atoms with E-state index in [1.54, 1.807) is 11.8 Å². The normalized spacial score (nSPS) is 14.4. The molecule has 1 aliphatic heterocycles. The Morgan fingerprint density at radius 2 is 2.47 bits per heavy atom. The van der Waals surface area contributed by atoms with Gasteiger partial charge in [-0.1, -0.05) is 12.0 Å². The van der Waals surface area contributed by atoms with Gasteiger partial charge in [0.25, 0.3) is 0 Å². The standard InChI is InChI=1S/C13H15N3S/c1-3-8-14-13-7-9-16(15-13)11-5-4-6-12(10-11)17-2/h1,4-6,10H,7-9H2,2H3,(H,14,15). The summed E-state index contributed by atoms with van der Waals surface area (Å²) in [4.78, 5) is 1.25. The van der Waals surface area contributed by atoms with Crippen molar-refractivity contribution in [2.75, 3.05) is 24.4 Å². The van der Waals surface area contributed by atoms with Crippen LogP contribution in [-0.4, -0.2) is 25.2 Å². The number of anilines is 1. The molecule has 17 heavy (non-hydrogen) atoms. The van der Waals surface area contributed by atoms with Crippen molar-refractivity contribution in [3.05, 3.63) is 24.3 Å². The van der Waals surface area contributed by atoms with Gasteiger partial charge in [-0.3, -0.25) is 5.01 Å². The first-order valence-corrected chi connectivity index (χ1v) is 6.72. The molecule has 0 unspecified atom stereocenters. The predicted molar refractivity (Wildman–Crippen MR) is 74.5 cm³/mol. The topological polar surface area (TPSA) is 27.6 Å². The lowest BCUT2D eigenvalue weighted by Gasteiger charge is -2.13. The Hall–Kier alpha value is -1.60. The van der Waals surface area contributed by atoms with Crippen LogP contribution < -0.4 is 10.3 Å². The Kier molecular flexibility index (Phi) is 3.94. The highest BCUT2D eigenvalue weighted by molar-refractivity contribution is 7.98. The number of amidine groups is 1. The number of hydrogen-bond donors (Lipinski definition) is 1. The summed E-state index contributed by atoms with van der Waals surface area (Å²) >= 11 is 1.74. The van der Waals surface area contributed by atoms with Crippen LogP contribution in [0.4, 0.5) is 5.69 Å². The van der Waals surface area contributed by atoms with Crippen molar-refractivity contribution in [3.63, 3.8) is 0 Å². The van der Waals surface area contributed by atoms with E-state index in [9.17, 15) is 0 Å². The summed E-state index contributed by atoms with van der Waals surface area (Å²) in [5.41, 5.74) is 1.13. The summed E-state index contributed by atoms with van der Waals surface area (Å²) in [6.07, 6.45) is 8.20. The van der Waals surface area contributed by atoms with Gasteiger partial charge in [-0.2, -0.15) is 5.10 Å². The van der Waals surface area contributed by atoms with Crippen molar-refractivity contribution in [1.82, 2.24) is 5.32 Å². The monoisotopic (exact) mass is 245 g/mol. The average molecular weight is 245 g/mol. The largest absolute Gasteiger partial charge is 0.361 e. The van der Waals surface area contributed by atoms with Crippen molar-refractivity contribution in [2.45, 2.75) is 11.3 Å². The fraction of sp³-hybridized carbons (Fsp3) is 0.308. The molecule has 0 spiro atoms. The number of thioether (sulfide) groups is 1. The molecule has 1 N–H and O–H groups in total. The Labute approximate surface area is 106 Å². The molecule has 1 heterocycles. The van der Waals surface area contributed by atoms with E-state index in [4.69, 9.17) is 6.42 Å². The molecular weight excluding hydrogens is 230 g/mol. The number of nitrogens with one attached hydrogen (secondary N) is 1. The highest BCUT2D eigenvalue weighted by atomic mass is 32.2. The minimum atomic E-state index is 0.539. The molecule has 0 aliphatic carbocycles. The number of benzene rings is 1. The maximum absolute atomic E-state index is 5.21. The molecule has 0 saturated heterocycles. The number of terminal acetylenes is 1. The van der Waals surface area contributed by atoms with Crippen molar-refractivity contribution in [2.24, 2.45) is 5.10 Å². The van der Waals surface area contributed by atoms with Gasteiger partial charge in [0.05, 0.1) is 12.2 Å². The Morgan fingerprint density at radius 3 is 3.24 bits per heavy atom. The molecule has 4 heteroatoms. The van der Waals surface area contributed by atoms with Gasteiger partial charge in [0, 0.05) is 17.9 Å². The molecule has 2 rings (SSSR count). The molecule has 0 fully saturated rings. The maximum atomic E-state index is 5.21. The van der Waals surface area contributed by atoms with Gasteiger partial charge in [0.2, 0.25) is 0 Å². The van der Waals surface area contributed by atoms with E-state index in [1.165, 1.54) is 4.90 Å². The van der Waals surface area contributed by atoms with E-state index in [-0.39, 0.29) is 0 Å². The van der Waals surface area contributed by atoms with Gasteiger partial charge in [-0.15, -0.1) is 18.2 Å². The van der Waals surface area contributed by atoms with Crippen LogP contribution in [0.2, 0.25) is 0 Å². The van der Waals surface area contributed by atoms with E-state index in [0.717, 1.165) is 24.5 Å². The minimum Gasteiger partial charge on any atom is -0.361 e. The maximum Gasteiger partial charge on any atom is 0.125 e. The lowest BCUT2D eigenvalue weighted by molar-refractivity contribution is 0.919. The molecule has 0 saturated carbocycles. The van der Waals surface area contributed by atoms with Crippen LogP contribution in [0.5, 0.6) is 0 Å². The molecule has 0 amide bonds. The van der Waals surface area contributed by atoms with Crippen LogP contribution in [0.15, 0.2) is 34.3 Å². The lowest BCUT2D eigenvalue weighted by atomic mass is 10.3. The van der Waals surface area contributed by atoms with Crippen LogP contribution >= 0.6 is 11.8 Å². The third-order valence-corrected chi connectivity index (χ3v) is 3.27. The van der Waals surface area contributed by atoms with Gasteiger partial charge in [0.1, 0.15) is 5.84 Å². The third kappa shape index (κ3) is 2.95. The molecule has 1 aromatic rings. The summed E-state index contributed by atoms with van der Waals surface area (Å²) in [5.74, 6) is 3.52. The van der Waals surface area contributed by atoms with E-state index in [0.29, 0.717) is 6.54 Å². The Morgan fingerprint density at radius 1 is 1.59 bits per heavy atom.